The highest BCUT2D eigenvalue weighted by Gasteiger charge is 2.15. The van der Waals surface area contributed by atoms with Gasteiger partial charge in [0, 0.05) is 12.3 Å². The van der Waals surface area contributed by atoms with E-state index in [1.54, 1.807) is 0 Å². The number of hydrogen-bond donors (Lipinski definition) is 1. The van der Waals surface area contributed by atoms with Crippen LogP contribution in [0.3, 0.4) is 0 Å². The second-order valence-electron chi connectivity index (χ2n) is 3.96. The summed E-state index contributed by atoms with van der Waals surface area (Å²) in [6, 6.07) is 5.74. The first-order valence-corrected chi connectivity index (χ1v) is 5.36. The summed E-state index contributed by atoms with van der Waals surface area (Å²) in [5, 5.41) is 0. The summed E-state index contributed by atoms with van der Waals surface area (Å²) < 4.78 is 11.1. The fourth-order valence-corrected chi connectivity index (χ4v) is 1.70. The van der Waals surface area contributed by atoms with Gasteiger partial charge in [0.2, 0.25) is 0 Å². The standard InChI is InChI=1S/C12H17NO2/c1-9-7-10(4-5-12(9)13)15-8-11-3-2-6-14-11/h4-5,7,11H,2-3,6,8,13H2,1H3/t11-/m0/s1. The van der Waals surface area contributed by atoms with Crippen molar-refractivity contribution >= 4 is 5.69 Å². The third-order valence-electron chi connectivity index (χ3n) is 2.70. The summed E-state index contributed by atoms with van der Waals surface area (Å²) in [4.78, 5) is 0. The van der Waals surface area contributed by atoms with Crippen molar-refractivity contribution < 1.29 is 9.47 Å². The smallest absolute Gasteiger partial charge is 0.119 e. The number of benzene rings is 1. The van der Waals surface area contributed by atoms with Crippen molar-refractivity contribution in [1.82, 2.24) is 0 Å². The SMILES string of the molecule is Cc1cc(OC[C@@H]2CCCO2)ccc1N. The molecule has 0 radical (unpaired) electrons. The predicted octanol–water partition coefficient (Wildman–Crippen LogP) is 2.14. The zero-order chi connectivity index (χ0) is 10.7. The molecule has 2 N–H and O–H groups in total. The summed E-state index contributed by atoms with van der Waals surface area (Å²) in [7, 11) is 0. The highest BCUT2D eigenvalue weighted by molar-refractivity contribution is 5.49. The number of rotatable bonds is 3. The average Bonchev–Trinajstić information content (AvgIpc) is 2.73. The van der Waals surface area contributed by atoms with Crippen LogP contribution in [0.5, 0.6) is 5.75 Å². The van der Waals surface area contributed by atoms with Crippen LogP contribution in [0.2, 0.25) is 0 Å². The van der Waals surface area contributed by atoms with Gasteiger partial charge in [0.1, 0.15) is 12.4 Å². The van der Waals surface area contributed by atoms with Crippen LogP contribution in [0.1, 0.15) is 18.4 Å². The maximum Gasteiger partial charge on any atom is 0.119 e. The number of nitrogen functional groups attached to an aromatic ring is 1. The maximum atomic E-state index is 5.73. The molecule has 1 aliphatic rings. The van der Waals surface area contributed by atoms with Crippen LogP contribution in [0, 0.1) is 6.92 Å². The number of ether oxygens (including phenoxy) is 2. The number of hydrogen-bond acceptors (Lipinski definition) is 3. The molecule has 1 aromatic carbocycles. The molecule has 82 valence electrons. The minimum Gasteiger partial charge on any atom is -0.491 e. The van der Waals surface area contributed by atoms with E-state index in [2.05, 4.69) is 0 Å². The topological polar surface area (TPSA) is 44.5 Å². The number of nitrogens with two attached hydrogens (primary N) is 1. The maximum absolute atomic E-state index is 5.73. The second-order valence-corrected chi connectivity index (χ2v) is 3.96. The van der Waals surface area contributed by atoms with Crippen molar-refractivity contribution in [1.29, 1.82) is 0 Å². The molecule has 1 saturated heterocycles. The van der Waals surface area contributed by atoms with E-state index >= 15 is 0 Å². The molecule has 1 aliphatic heterocycles. The van der Waals surface area contributed by atoms with E-state index in [4.69, 9.17) is 15.2 Å². The Balaban J connectivity index is 1.90. The lowest BCUT2D eigenvalue weighted by atomic mass is 10.2. The van der Waals surface area contributed by atoms with Gasteiger partial charge in [-0.3, -0.25) is 0 Å². The van der Waals surface area contributed by atoms with Gasteiger partial charge in [0.25, 0.3) is 0 Å². The van der Waals surface area contributed by atoms with E-state index in [1.807, 2.05) is 25.1 Å². The number of anilines is 1. The first kappa shape index (κ1) is 10.3. The van der Waals surface area contributed by atoms with Gasteiger partial charge in [-0.15, -0.1) is 0 Å². The Kier molecular flexibility index (Phi) is 3.11. The second kappa shape index (κ2) is 4.53. The molecule has 3 nitrogen and oxygen atoms in total. The fraction of sp³-hybridized carbons (Fsp3) is 0.500. The minimum atomic E-state index is 0.267. The number of aryl methyl sites for hydroxylation is 1. The van der Waals surface area contributed by atoms with Crippen molar-refractivity contribution in [3.05, 3.63) is 23.8 Å². The zero-order valence-corrected chi connectivity index (χ0v) is 9.03. The molecular weight excluding hydrogens is 190 g/mol. The largest absolute Gasteiger partial charge is 0.491 e. The van der Waals surface area contributed by atoms with Crippen molar-refractivity contribution in [3.63, 3.8) is 0 Å². The molecule has 0 unspecified atom stereocenters. The molecule has 1 fully saturated rings. The Bertz CT molecular complexity index is 332. The molecule has 0 spiro atoms. The molecule has 0 aromatic heterocycles. The van der Waals surface area contributed by atoms with Crippen molar-refractivity contribution in [3.8, 4) is 5.75 Å². The van der Waals surface area contributed by atoms with Crippen LogP contribution >= 0.6 is 0 Å². The van der Waals surface area contributed by atoms with E-state index in [9.17, 15) is 0 Å². The van der Waals surface area contributed by atoms with Crippen molar-refractivity contribution in [2.75, 3.05) is 18.9 Å². The molecule has 1 heterocycles. The lowest BCUT2D eigenvalue weighted by molar-refractivity contribution is 0.0679. The Morgan fingerprint density at radius 1 is 1.53 bits per heavy atom. The van der Waals surface area contributed by atoms with E-state index in [-0.39, 0.29) is 6.10 Å². The van der Waals surface area contributed by atoms with Gasteiger partial charge in [0.15, 0.2) is 0 Å². The first-order chi connectivity index (χ1) is 7.25. The lowest BCUT2D eigenvalue weighted by Crippen LogP contribution is -2.16. The molecule has 3 heteroatoms. The van der Waals surface area contributed by atoms with E-state index in [0.717, 1.165) is 36.4 Å². The Labute approximate surface area is 90.2 Å². The predicted molar refractivity (Wildman–Crippen MR) is 60.1 cm³/mol. The van der Waals surface area contributed by atoms with E-state index in [1.165, 1.54) is 0 Å². The van der Waals surface area contributed by atoms with Crippen LogP contribution in [-0.2, 0) is 4.74 Å². The summed E-state index contributed by atoms with van der Waals surface area (Å²) in [5.41, 5.74) is 7.59. The Hall–Kier alpha value is -1.22. The first-order valence-electron chi connectivity index (χ1n) is 5.36. The van der Waals surface area contributed by atoms with E-state index in [0.29, 0.717) is 6.61 Å². The van der Waals surface area contributed by atoms with Crippen LogP contribution in [-0.4, -0.2) is 19.3 Å². The van der Waals surface area contributed by atoms with Gasteiger partial charge in [-0.1, -0.05) is 0 Å². The summed E-state index contributed by atoms with van der Waals surface area (Å²) in [6.45, 7) is 3.49. The fourth-order valence-electron chi connectivity index (χ4n) is 1.70. The van der Waals surface area contributed by atoms with Crippen LogP contribution < -0.4 is 10.5 Å². The van der Waals surface area contributed by atoms with Gasteiger partial charge >= 0.3 is 0 Å². The molecule has 0 aliphatic carbocycles. The lowest BCUT2D eigenvalue weighted by Gasteiger charge is -2.12. The molecule has 0 amide bonds. The van der Waals surface area contributed by atoms with E-state index < -0.39 is 0 Å². The molecule has 0 saturated carbocycles. The van der Waals surface area contributed by atoms with Gasteiger partial charge < -0.3 is 15.2 Å². The van der Waals surface area contributed by atoms with Crippen molar-refractivity contribution in [2.45, 2.75) is 25.9 Å². The Morgan fingerprint density at radius 2 is 2.40 bits per heavy atom. The Morgan fingerprint density at radius 3 is 3.07 bits per heavy atom. The van der Waals surface area contributed by atoms with Crippen LogP contribution in [0.25, 0.3) is 0 Å². The molecular formula is C12H17NO2. The molecule has 0 bridgehead atoms. The summed E-state index contributed by atoms with van der Waals surface area (Å²) >= 11 is 0. The monoisotopic (exact) mass is 207 g/mol. The molecule has 15 heavy (non-hydrogen) atoms. The quantitative estimate of drug-likeness (QED) is 0.772. The van der Waals surface area contributed by atoms with Crippen molar-refractivity contribution in [2.24, 2.45) is 0 Å². The van der Waals surface area contributed by atoms with Crippen LogP contribution in [0.4, 0.5) is 5.69 Å². The molecule has 1 atom stereocenters. The third-order valence-corrected chi connectivity index (χ3v) is 2.70. The van der Waals surface area contributed by atoms with Gasteiger partial charge in [-0.2, -0.15) is 0 Å². The zero-order valence-electron chi connectivity index (χ0n) is 9.03. The van der Waals surface area contributed by atoms with Gasteiger partial charge in [0.05, 0.1) is 6.10 Å². The third kappa shape index (κ3) is 2.63. The van der Waals surface area contributed by atoms with Gasteiger partial charge in [-0.05, 0) is 43.5 Å². The normalized spacial score (nSPS) is 20.5. The van der Waals surface area contributed by atoms with Crippen LogP contribution in [0.15, 0.2) is 18.2 Å². The molecule has 1 aromatic rings. The summed E-state index contributed by atoms with van der Waals surface area (Å²) in [5.74, 6) is 0.872. The molecule has 2 rings (SSSR count). The van der Waals surface area contributed by atoms with Gasteiger partial charge in [-0.25, -0.2) is 0 Å². The average molecular weight is 207 g/mol. The summed E-state index contributed by atoms with van der Waals surface area (Å²) in [6.07, 6.45) is 2.52. The minimum absolute atomic E-state index is 0.267. The highest BCUT2D eigenvalue weighted by Crippen LogP contribution is 2.20. The highest BCUT2D eigenvalue weighted by atomic mass is 16.5.